The average Bonchev–Trinajstić information content (AvgIpc) is 2.34. The van der Waals surface area contributed by atoms with Crippen LogP contribution in [0.4, 0.5) is 10.1 Å². The third-order valence-corrected chi connectivity index (χ3v) is 2.23. The van der Waals surface area contributed by atoms with Crippen molar-refractivity contribution < 1.29 is 18.7 Å². The van der Waals surface area contributed by atoms with Crippen molar-refractivity contribution in [2.24, 2.45) is 0 Å². The normalized spacial score (nSPS) is 11.5. The van der Waals surface area contributed by atoms with E-state index in [2.05, 4.69) is 15.4 Å². The number of anilines is 1. The summed E-state index contributed by atoms with van der Waals surface area (Å²) in [4.78, 5) is 22.3. The average molecular weight is 254 g/mol. The Hall–Kier alpha value is -2.11. The first-order chi connectivity index (χ1) is 8.54. The molecule has 2 N–H and O–H groups in total. The van der Waals surface area contributed by atoms with Gasteiger partial charge in [-0.1, -0.05) is 12.1 Å². The van der Waals surface area contributed by atoms with Crippen LogP contribution in [0.1, 0.15) is 6.92 Å². The van der Waals surface area contributed by atoms with E-state index in [-0.39, 0.29) is 18.1 Å². The second-order valence-electron chi connectivity index (χ2n) is 3.64. The Labute approximate surface area is 104 Å². The quantitative estimate of drug-likeness (QED) is 0.767. The van der Waals surface area contributed by atoms with Gasteiger partial charge in [0.05, 0.1) is 12.8 Å². The Kier molecular flexibility index (Phi) is 5.10. The number of benzene rings is 1. The number of methoxy groups -OCH3 is 1. The summed E-state index contributed by atoms with van der Waals surface area (Å²) in [6.07, 6.45) is 0. The maximum absolute atomic E-state index is 13.3. The Bertz CT molecular complexity index is 437. The van der Waals surface area contributed by atoms with E-state index in [0.717, 1.165) is 0 Å². The molecule has 98 valence electrons. The summed E-state index contributed by atoms with van der Waals surface area (Å²) in [5.74, 6) is -1.38. The molecular weight excluding hydrogens is 239 g/mol. The Morgan fingerprint density at radius 1 is 1.39 bits per heavy atom. The van der Waals surface area contributed by atoms with Gasteiger partial charge in [-0.05, 0) is 12.1 Å². The van der Waals surface area contributed by atoms with Crippen LogP contribution in [0.25, 0.3) is 0 Å². The molecular formula is C12H15FN2O3. The summed E-state index contributed by atoms with van der Waals surface area (Å²) in [6, 6.07) is 5.21. The number of carbonyl (C=O) groups is 2. The summed E-state index contributed by atoms with van der Waals surface area (Å²) >= 11 is 0. The maximum atomic E-state index is 13.3. The highest BCUT2D eigenvalue weighted by Crippen LogP contribution is 2.12. The van der Waals surface area contributed by atoms with Crippen molar-refractivity contribution in [1.82, 2.24) is 5.32 Å². The fourth-order valence-electron chi connectivity index (χ4n) is 1.40. The molecule has 0 aliphatic rings. The fraction of sp³-hybridized carbons (Fsp3) is 0.333. The van der Waals surface area contributed by atoms with Crippen LogP contribution in [0.5, 0.6) is 0 Å². The zero-order valence-corrected chi connectivity index (χ0v) is 10.2. The third-order valence-electron chi connectivity index (χ3n) is 2.23. The van der Waals surface area contributed by atoms with Crippen LogP contribution >= 0.6 is 0 Å². The molecule has 0 spiro atoms. The van der Waals surface area contributed by atoms with E-state index in [1.54, 1.807) is 12.1 Å². The van der Waals surface area contributed by atoms with Gasteiger partial charge in [-0.15, -0.1) is 0 Å². The predicted molar refractivity (Wildman–Crippen MR) is 64.5 cm³/mol. The van der Waals surface area contributed by atoms with Crippen molar-refractivity contribution in [3.63, 3.8) is 0 Å². The summed E-state index contributed by atoms with van der Waals surface area (Å²) in [5.41, 5.74) is 0.261. The van der Waals surface area contributed by atoms with Gasteiger partial charge < -0.3 is 15.4 Å². The van der Waals surface area contributed by atoms with Crippen LogP contribution in [-0.2, 0) is 14.3 Å². The topological polar surface area (TPSA) is 67.4 Å². The van der Waals surface area contributed by atoms with Gasteiger partial charge in [-0.2, -0.15) is 0 Å². The zero-order chi connectivity index (χ0) is 13.5. The van der Waals surface area contributed by atoms with Gasteiger partial charge in [0.25, 0.3) is 0 Å². The molecule has 1 rings (SSSR count). The summed E-state index contributed by atoms with van der Waals surface area (Å²) in [5, 5.41) is 5.16. The Morgan fingerprint density at radius 2 is 2.06 bits per heavy atom. The fourth-order valence-corrected chi connectivity index (χ4v) is 1.40. The second-order valence-corrected chi connectivity index (χ2v) is 3.64. The molecule has 0 aromatic heterocycles. The van der Waals surface area contributed by atoms with Crippen LogP contribution in [-0.4, -0.2) is 31.6 Å². The molecule has 0 fully saturated rings. The molecule has 0 heterocycles. The van der Waals surface area contributed by atoms with Gasteiger partial charge >= 0.3 is 5.97 Å². The Balaban J connectivity index is 2.64. The van der Waals surface area contributed by atoms with Crippen molar-refractivity contribution in [3.8, 4) is 0 Å². The van der Waals surface area contributed by atoms with Crippen molar-refractivity contribution in [2.45, 2.75) is 13.0 Å². The van der Waals surface area contributed by atoms with Crippen LogP contribution in [0.15, 0.2) is 24.3 Å². The molecule has 6 heteroatoms. The first kappa shape index (κ1) is 14.0. The van der Waals surface area contributed by atoms with Crippen LogP contribution < -0.4 is 10.6 Å². The van der Waals surface area contributed by atoms with Gasteiger partial charge in [-0.25, -0.2) is 9.18 Å². The number of carbonyl (C=O) groups excluding carboxylic acids is 2. The van der Waals surface area contributed by atoms with Crippen LogP contribution in [0, 0.1) is 5.82 Å². The number of halogens is 1. The predicted octanol–water partition coefficient (Wildman–Crippen LogP) is 0.915. The number of nitrogens with one attached hydrogen (secondary N) is 2. The van der Waals surface area contributed by atoms with E-state index in [1.165, 1.54) is 26.2 Å². The lowest BCUT2D eigenvalue weighted by atomic mass is 10.2. The number of hydrogen-bond donors (Lipinski definition) is 2. The lowest BCUT2D eigenvalue weighted by molar-refractivity contribution is -0.144. The van der Waals surface area contributed by atoms with E-state index in [1.807, 2.05) is 0 Å². The number of esters is 1. The summed E-state index contributed by atoms with van der Waals surface area (Å²) < 4.78 is 17.9. The van der Waals surface area contributed by atoms with Gasteiger partial charge in [-0.3, -0.25) is 4.79 Å². The number of rotatable bonds is 5. The third kappa shape index (κ3) is 4.04. The molecule has 0 saturated heterocycles. The highest BCUT2D eigenvalue weighted by atomic mass is 19.1. The molecule has 1 unspecified atom stereocenters. The molecule has 0 aliphatic carbocycles. The molecule has 0 bridgehead atoms. The smallest absolute Gasteiger partial charge is 0.330 e. The first-order valence-electron chi connectivity index (χ1n) is 5.38. The molecule has 1 atom stereocenters. The molecule has 1 aromatic carbocycles. The number of amides is 1. The van der Waals surface area contributed by atoms with E-state index in [4.69, 9.17) is 0 Å². The number of ether oxygens (including phenoxy) is 1. The molecule has 0 radical (unpaired) electrons. The van der Waals surface area contributed by atoms with Crippen molar-refractivity contribution in [3.05, 3.63) is 30.1 Å². The summed E-state index contributed by atoms with van der Waals surface area (Å²) in [6.45, 7) is 1.34. The van der Waals surface area contributed by atoms with Crippen molar-refractivity contribution in [2.75, 3.05) is 19.0 Å². The molecule has 0 aliphatic heterocycles. The standard InChI is InChI=1S/C12H15FN2O3/c1-8(16)15-11(12(17)18-2)7-14-10-6-4-3-5-9(10)13/h3-6,11,14H,7H2,1-2H3,(H,15,16). The lowest BCUT2D eigenvalue weighted by Crippen LogP contribution is -2.45. The minimum atomic E-state index is -0.855. The summed E-state index contributed by atoms with van der Waals surface area (Å²) in [7, 11) is 1.22. The SMILES string of the molecule is COC(=O)C(CNc1ccccc1F)NC(C)=O. The lowest BCUT2D eigenvalue weighted by Gasteiger charge is -2.16. The molecule has 1 aromatic rings. The van der Waals surface area contributed by atoms with Gasteiger partial charge in [0.15, 0.2) is 0 Å². The highest BCUT2D eigenvalue weighted by Gasteiger charge is 2.20. The van der Waals surface area contributed by atoms with E-state index in [9.17, 15) is 14.0 Å². The number of para-hydroxylation sites is 1. The van der Waals surface area contributed by atoms with Crippen molar-refractivity contribution >= 4 is 17.6 Å². The molecule has 5 nitrogen and oxygen atoms in total. The highest BCUT2D eigenvalue weighted by molar-refractivity contribution is 5.83. The monoisotopic (exact) mass is 254 g/mol. The van der Waals surface area contributed by atoms with E-state index >= 15 is 0 Å². The maximum Gasteiger partial charge on any atom is 0.330 e. The number of hydrogen-bond acceptors (Lipinski definition) is 4. The van der Waals surface area contributed by atoms with Gasteiger partial charge in [0, 0.05) is 13.5 Å². The van der Waals surface area contributed by atoms with Crippen molar-refractivity contribution in [1.29, 1.82) is 0 Å². The van der Waals surface area contributed by atoms with E-state index < -0.39 is 17.8 Å². The second kappa shape index (κ2) is 6.58. The molecule has 1 amide bonds. The van der Waals surface area contributed by atoms with Crippen LogP contribution in [0.2, 0.25) is 0 Å². The first-order valence-corrected chi connectivity index (χ1v) is 5.38. The minimum absolute atomic E-state index is 0.0488. The minimum Gasteiger partial charge on any atom is -0.467 e. The van der Waals surface area contributed by atoms with Gasteiger partial charge in [0.1, 0.15) is 11.9 Å². The zero-order valence-electron chi connectivity index (χ0n) is 10.2. The van der Waals surface area contributed by atoms with Gasteiger partial charge in [0.2, 0.25) is 5.91 Å². The van der Waals surface area contributed by atoms with E-state index in [0.29, 0.717) is 0 Å². The van der Waals surface area contributed by atoms with Crippen LogP contribution in [0.3, 0.4) is 0 Å². The molecule has 18 heavy (non-hydrogen) atoms. The Morgan fingerprint density at radius 3 is 2.61 bits per heavy atom. The largest absolute Gasteiger partial charge is 0.467 e. The molecule has 0 saturated carbocycles.